The Kier molecular flexibility index (Phi) is 3.58. The van der Waals surface area contributed by atoms with Gasteiger partial charge in [0.25, 0.3) is 0 Å². The second-order valence-electron chi connectivity index (χ2n) is 3.06. The number of rotatable bonds is 0. The zero-order chi connectivity index (χ0) is 12.3. The summed E-state index contributed by atoms with van der Waals surface area (Å²) >= 11 is 11.1. The molecule has 0 unspecified atom stereocenters. The van der Waals surface area contributed by atoms with Crippen LogP contribution in [-0.4, -0.2) is 9.97 Å². The van der Waals surface area contributed by atoms with E-state index in [1.165, 1.54) is 0 Å². The highest BCUT2D eigenvalue weighted by Crippen LogP contribution is 2.16. The van der Waals surface area contributed by atoms with Crippen LogP contribution < -0.4 is 0 Å². The van der Waals surface area contributed by atoms with Crippen LogP contribution in [0.3, 0.4) is 0 Å². The van der Waals surface area contributed by atoms with Crippen molar-refractivity contribution in [1.29, 1.82) is 0 Å². The van der Waals surface area contributed by atoms with E-state index in [0.29, 0.717) is 0 Å². The maximum absolute atomic E-state index is 13.5. The molecule has 2 rings (SSSR count). The summed E-state index contributed by atoms with van der Waals surface area (Å²) in [5.41, 5.74) is 0.636. The Morgan fingerprint density at radius 3 is 2.41 bits per heavy atom. The summed E-state index contributed by atoms with van der Waals surface area (Å²) in [6.45, 7) is 0. The molecule has 0 radical (unpaired) electrons. The van der Waals surface area contributed by atoms with E-state index in [-0.39, 0.29) is 16.1 Å². The average molecular weight is 267 g/mol. The molecule has 0 saturated carbocycles. The van der Waals surface area contributed by atoms with E-state index in [1.54, 1.807) is 12.1 Å². The molecule has 17 heavy (non-hydrogen) atoms. The Labute approximate surface area is 107 Å². The van der Waals surface area contributed by atoms with E-state index < -0.39 is 5.82 Å². The largest absolute Gasteiger partial charge is 0.225 e. The molecule has 0 amide bonds. The van der Waals surface area contributed by atoms with Crippen molar-refractivity contribution in [1.82, 2.24) is 9.97 Å². The van der Waals surface area contributed by atoms with Gasteiger partial charge in [-0.25, -0.2) is 14.4 Å². The van der Waals surface area contributed by atoms with Crippen LogP contribution >= 0.6 is 23.2 Å². The van der Waals surface area contributed by atoms with E-state index in [1.807, 2.05) is 18.2 Å². The number of halogens is 3. The molecule has 0 spiro atoms. The van der Waals surface area contributed by atoms with Gasteiger partial charge in [0.15, 0.2) is 16.7 Å². The van der Waals surface area contributed by atoms with Gasteiger partial charge in [-0.1, -0.05) is 35.7 Å². The van der Waals surface area contributed by atoms with Crippen molar-refractivity contribution in [2.24, 2.45) is 0 Å². The van der Waals surface area contributed by atoms with Crippen LogP contribution in [-0.2, 0) is 0 Å². The first-order valence-electron chi connectivity index (χ1n) is 4.62. The van der Waals surface area contributed by atoms with Crippen molar-refractivity contribution in [3.05, 3.63) is 57.8 Å². The van der Waals surface area contributed by atoms with E-state index in [2.05, 4.69) is 21.8 Å². The number of hydrogen-bond acceptors (Lipinski definition) is 2. The lowest BCUT2D eigenvalue weighted by Crippen LogP contribution is -1.95. The molecule has 0 N–H and O–H groups in total. The van der Waals surface area contributed by atoms with Gasteiger partial charge in [0.05, 0.1) is 0 Å². The molecular formula is C12H5Cl2FN2. The number of nitrogens with zero attached hydrogens (tertiary/aromatic N) is 2. The fraction of sp³-hybridized carbons (Fsp3) is 0. The topological polar surface area (TPSA) is 25.8 Å². The Balaban J connectivity index is 2.41. The van der Waals surface area contributed by atoms with Gasteiger partial charge in [-0.05, 0) is 29.7 Å². The van der Waals surface area contributed by atoms with E-state index >= 15 is 0 Å². The highest BCUT2D eigenvalue weighted by molar-refractivity contribution is 6.31. The SMILES string of the molecule is Fc1c(Cl)nc(Cl)nc1C#Cc1ccccc1. The molecule has 1 aromatic carbocycles. The molecular weight excluding hydrogens is 262 g/mol. The molecule has 0 saturated heterocycles. The molecule has 2 nitrogen and oxygen atoms in total. The van der Waals surface area contributed by atoms with Crippen LogP contribution in [0.15, 0.2) is 30.3 Å². The van der Waals surface area contributed by atoms with Gasteiger partial charge in [0.2, 0.25) is 5.28 Å². The third-order valence-electron chi connectivity index (χ3n) is 1.88. The van der Waals surface area contributed by atoms with Gasteiger partial charge in [0, 0.05) is 5.56 Å². The Bertz CT molecular complexity index is 603. The predicted molar refractivity (Wildman–Crippen MR) is 64.4 cm³/mol. The molecule has 0 aliphatic carbocycles. The monoisotopic (exact) mass is 266 g/mol. The summed E-state index contributed by atoms with van der Waals surface area (Å²) in [6.07, 6.45) is 0. The van der Waals surface area contributed by atoms with Crippen LogP contribution in [0.2, 0.25) is 10.4 Å². The first kappa shape index (κ1) is 11.8. The van der Waals surface area contributed by atoms with Gasteiger partial charge in [-0.3, -0.25) is 0 Å². The maximum atomic E-state index is 13.5. The van der Waals surface area contributed by atoms with Crippen molar-refractivity contribution in [2.75, 3.05) is 0 Å². The summed E-state index contributed by atoms with van der Waals surface area (Å²) < 4.78 is 13.5. The number of benzene rings is 1. The van der Waals surface area contributed by atoms with Gasteiger partial charge in [-0.2, -0.15) is 0 Å². The summed E-state index contributed by atoms with van der Waals surface area (Å²) in [5, 5.41) is -0.462. The summed E-state index contributed by atoms with van der Waals surface area (Å²) in [5.74, 6) is 4.56. The van der Waals surface area contributed by atoms with Gasteiger partial charge < -0.3 is 0 Å². The summed E-state index contributed by atoms with van der Waals surface area (Å²) in [4.78, 5) is 7.14. The van der Waals surface area contributed by atoms with Crippen LogP contribution in [0.4, 0.5) is 4.39 Å². The lowest BCUT2D eigenvalue weighted by molar-refractivity contribution is 0.609. The summed E-state index contributed by atoms with van der Waals surface area (Å²) in [7, 11) is 0. The molecule has 0 aliphatic rings. The van der Waals surface area contributed by atoms with E-state index in [9.17, 15) is 4.39 Å². The second-order valence-corrected chi connectivity index (χ2v) is 3.76. The fourth-order valence-corrected chi connectivity index (χ4v) is 1.51. The summed E-state index contributed by atoms with van der Waals surface area (Å²) in [6, 6.07) is 9.13. The number of hydrogen-bond donors (Lipinski definition) is 0. The standard InChI is InChI=1S/C12H5Cl2FN2/c13-11-10(15)9(16-12(14)17-11)7-6-8-4-2-1-3-5-8/h1-5H. The minimum absolute atomic E-state index is 0.112. The smallest absolute Gasteiger partial charge is 0.206 e. The molecule has 0 aliphatic heterocycles. The van der Waals surface area contributed by atoms with E-state index in [4.69, 9.17) is 23.2 Å². The first-order valence-corrected chi connectivity index (χ1v) is 5.38. The van der Waals surface area contributed by atoms with Crippen molar-refractivity contribution >= 4 is 23.2 Å². The highest BCUT2D eigenvalue weighted by atomic mass is 35.5. The zero-order valence-corrected chi connectivity index (χ0v) is 9.93. The Hall–Kier alpha value is -1.63. The van der Waals surface area contributed by atoms with Crippen LogP contribution in [0, 0.1) is 17.7 Å². The van der Waals surface area contributed by atoms with Gasteiger partial charge in [-0.15, -0.1) is 0 Å². The van der Waals surface area contributed by atoms with Gasteiger partial charge >= 0.3 is 0 Å². The second kappa shape index (κ2) is 5.13. The lowest BCUT2D eigenvalue weighted by atomic mass is 10.2. The van der Waals surface area contributed by atoms with Crippen molar-refractivity contribution in [2.45, 2.75) is 0 Å². The third-order valence-corrected chi connectivity index (χ3v) is 2.30. The molecule has 1 aromatic heterocycles. The molecule has 0 fully saturated rings. The van der Waals surface area contributed by atoms with Crippen molar-refractivity contribution in [3.8, 4) is 11.8 Å². The quantitative estimate of drug-likeness (QED) is 0.415. The molecule has 84 valence electrons. The predicted octanol–water partition coefficient (Wildman–Crippen LogP) is 3.32. The average Bonchev–Trinajstić information content (AvgIpc) is 2.33. The molecule has 0 atom stereocenters. The Morgan fingerprint density at radius 2 is 1.71 bits per heavy atom. The Morgan fingerprint density at radius 1 is 1.00 bits per heavy atom. The third kappa shape index (κ3) is 2.94. The fourth-order valence-electron chi connectivity index (χ4n) is 1.13. The van der Waals surface area contributed by atoms with Crippen molar-refractivity contribution < 1.29 is 4.39 Å². The molecule has 0 bridgehead atoms. The number of aromatic nitrogens is 2. The lowest BCUT2D eigenvalue weighted by Gasteiger charge is -1.96. The zero-order valence-electron chi connectivity index (χ0n) is 8.42. The van der Waals surface area contributed by atoms with Crippen LogP contribution in [0.25, 0.3) is 0 Å². The minimum atomic E-state index is -0.764. The van der Waals surface area contributed by atoms with Crippen molar-refractivity contribution in [3.63, 3.8) is 0 Å². The highest BCUT2D eigenvalue weighted by Gasteiger charge is 2.09. The molecule has 1 heterocycles. The van der Waals surface area contributed by atoms with Crippen LogP contribution in [0.5, 0.6) is 0 Å². The van der Waals surface area contributed by atoms with Gasteiger partial charge in [0.1, 0.15) is 0 Å². The van der Waals surface area contributed by atoms with Crippen LogP contribution in [0.1, 0.15) is 11.3 Å². The molecule has 5 heteroatoms. The molecule has 2 aromatic rings. The normalized spacial score (nSPS) is 9.59. The first-order chi connectivity index (χ1) is 8.16. The van der Waals surface area contributed by atoms with E-state index in [0.717, 1.165) is 5.56 Å². The maximum Gasteiger partial charge on any atom is 0.225 e. The minimum Gasteiger partial charge on any atom is -0.206 e.